The van der Waals surface area contributed by atoms with Gasteiger partial charge >= 0.3 is 6.09 Å². The highest BCUT2D eigenvalue weighted by molar-refractivity contribution is 7.09. The second-order valence-corrected chi connectivity index (χ2v) is 10.7. The fraction of sp³-hybridized carbons (Fsp3) is 0.500. The van der Waals surface area contributed by atoms with Crippen LogP contribution in [0.2, 0.25) is 0 Å². The zero-order valence-corrected chi connectivity index (χ0v) is 21.4. The smallest absolute Gasteiger partial charge is 0.410 e. The Morgan fingerprint density at radius 3 is 2.63 bits per heavy atom. The van der Waals surface area contributed by atoms with Gasteiger partial charge in [0.25, 0.3) is 5.91 Å². The van der Waals surface area contributed by atoms with Crippen LogP contribution < -0.4 is 0 Å². The van der Waals surface area contributed by atoms with E-state index in [1.54, 1.807) is 4.90 Å². The Bertz CT molecular complexity index is 1290. The van der Waals surface area contributed by atoms with Crippen molar-refractivity contribution in [3.05, 3.63) is 46.5 Å². The summed E-state index contributed by atoms with van der Waals surface area (Å²) in [5.41, 5.74) is 2.26. The molecule has 1 aromatic carbocycles. The van der Waals surface area contributed by atoms with Gasteiger partial charge in [-0.3, -0.25) is 4.79 Å². The van der Waals surface area contributed by atoms with E-state index in [4.69, 9.17) is 4.74 Å². The molecule has 184 valence electrons. The van der Waals surface area contributed by atoms with Crippen molar-refractivity contribution in [3.8, 4) is 10.8 Å². The maximum absolute atomic E-state index is 13.5. The van der Waals surface area contributed by atoms with E-state index in [1.165, 1.54) is 11.5 Å². The van der Waals surface area contributed by atoms with Gasteiger partial charge in [0, 0.05) is 31.7 Å². The molecule has 0 radical (unpaired) electrons. The highest BCUT2D eigenvalue weighted by Gasteiger charge is 2.33. The third kappa shape index (κ3) is 4.52. The standard InChI is InChI=1S/C24H29N7O3S/c1-14-19-26-27-20(21-25-15(2)28-35-21)31(19)11-10-30(14)22(32)17-6-7-18-13-29(9-8-16(18)12-17)23(33)34-24(3,4)5/h6-7,12,14H,8-11,13H2,1-5H3/t14-/m1/s1. The van der Waals surface area contributed by atoms with Crippen molar-refractivity contribution < 1.29 is 14.3 Å². The fourth-order valence-corrected chi connectivity index (χ4v) is 5.21. The van der Waals surface area contributed by atoms with Crippen LogP contribution in [0.15, 0.2) is 18.2 Å². The molecule has 2 amide bonds. The van der Waals surface area contributed by atoms with Crippen molar-refractivity contribution >= 4 is 23.5 Å². The summed E-state index contributed by atoms with van der Waals surface area (Å²) in [4.78, 5) is 33.9. The summed E-state index contributed by atoms with van der Waals surface area (Å²) in [5, 5.41) is 9.46. The van der Waals surface area contributed by atoms with Crippen LogP contribution in [-0.4, -0.2) is 64.6 Å². The van der Waals surface area contributed by atoms with Crippen molar-refractivity contribution in [1.29, 1.82) is 0 Å². The van der Waals surface area contributed by atoms with Gasteiger partial charge in [0.1, 0.15) is 11.4 Å². The van der Waals surface area contributed by atoms with Gasteiger partial charge in [-0.1, -0.05) is 6.07 Å². The van der Waals surface area contributed by atoms with Gasteiger partial charge in [0.05, 0.1) is 6.04 Å². The molecule has 0 bridgehead atoms. The quantitative estimate of drug-likeness (QED) is 0.535. The number of amides is 2. The van der Waals surface area contributed by atoms with Crippen LogP contribution >= 0.6 is 11.5 Å². The zero-order chi connectivity index (χ0) is 24.9. The van der Waals surface area contributed by atoms with Crippen LogP contribution in [0.5, 0.6) is 0 Å². The Kier molecular flexibility index (Phi) is 5.82. The van der Waals surface area contributed by atoms with Crippen LogP contribution in [0, 0.1) is 6.92 Å². The molecular formula is C24H29N7O3S. The van der Waals surface area contributed by atoms with Gasteiger partial charge in [0.2, 0.25) is 0 Å². The lowest BCUT2D eigenvalue weighted by molar-refractivity contribution is 0.0223. The Hall–Kier alpha value is -3.34. The molecule has 0 saturated carbocycles. The van der Waals surface area contributed by atoms with Crippen molar-refractivity contribution in [2.45, 2.75) is 65.8 Å². The van der Waals surface area contributed by atoms with E-state index in [0.717, 1.165) is 22.0 Å². The average Bonchev–Trinajstić information content (AvgIpc) is 3.43. The van der Waals surface area contributed by atoms with Gasteiger partial charge < -0.3 is 19.1 Å². The van der Waals surface area contributed by atoms with Crippen LogP contribution in [0.25, 0.3) is 10.8 Å². The monoisotopic (exact) mass is 495 g/mol. The lowest BCUT2D eigenvalue weighted by atomic mass is 9.96. The molecule has 0 N–H and O–H groups in total. The molecule has 0 spiro atoms. The second kappa shape index (κ2) is 8.71. The van der Waals surface area contributed by atoms with Gasteiger partial charge in [-0.15, -0.1) is 10.2 Å². The van der Waals surface area contributed by atoms with Crippen LogP contribution in [0.4, 0.5) is 4.79 Å². The van der Waals surface area contributed by atoms with Gasteiger partial charge in [-0.25, -0.2) is 9.78 Å². The number of carbonyl (C=O) groups is 2. The maximum atomic E-state index is 13.5. The summed E-state index contributed by atoms with van der Waals surface area (Å²) >= 11 is 1.31. The number of hydrogen-bond acceptors (Lipinski definition) is 8. The fourth-order valence-electron chi connectivity index (χ4n) is 4.54. The van der Waals surface area contributed by atoms with E-state index in [-0.39, 0.29) is 18.0 Å². The van der Waals surface area contributed by atoms with Crippen molar-refractivity contribution in [1.82, 2.24) is 33.9 Å². The predicted octanol–water partition coefficient (Wildman–Crippen LogP) is 3.62. The third-order valence-corrected chi connectivity index (χ3v) is 7.08. The highest BCUT2D eigenvalue weighted by Crippen LogP contribution is 2.31. The van der Waals surface area contributed by atoms with E-state index < -0.39 is 5.60 Å². The zero-order valence-electron chi connectivity index (χ0n) is 20.6. The minimum atomic E-state index is -0.528. The van der Waals surface area contributed by atoms with Gasteiger partial charge in [-0.2, -0.15) is 4.37 Å². The summed E-state index contributed by atoms with van der Waals surface area (Å²) in [7, 11) is 0. The minimum absolute atomic E-state index is 0.0302. The van der Waals surface area contributed by atoms with E-state index in [2.05, 4.69) is 19.6 Å². The molecule has 0 fully saturated rings. The molecule has 0 unspecified atom stereocenters. The molecule has 0 aliphatic carbocycles. The topological polar surface area (TPSA) is 106 Å². The molecule has 1 atom stereocenters. The molecule has 2 aromatic heterocycles. The number of carbonyl (C=O) groups excluding carboxylic acids is 2. The highest BCUT2D eigenvalue weighted by atomic mass is 32.1. The van der Waals surface area contributed by atoms with E-state index in [9.17, 15) is 9.59 Å². The Morgan fingerprint density at radius 1 is 1.11 bits per heavy atom. The number of aryl methyl sites for hydroxylation is 1. The molecule has 35 heavy (non-hydrogen) atoms. The Balaban J connectivity index is 1.31. The lowest BCUT2D eigenvalue weighted by Crippen LogP contribution is -2.42. The van der Waals surface area contributed by atoms with Crippen LogP contribution in [0.3, 0.4) is 0 Å². The molecule has 0 saturated heterocycles. The average molecular weight is 496 g/mol. The first kappa shape index (κ1) is 23.4. The van der Waals surface area contributed by atoms with E-state index in [1.807, 2.05) is 62.3 Å². The molecule has 4 heterocycles. The van der Waals surface area contributed by atoms with Crippen molar-refractivity contribution in [2.75, 3.05) is 13.1 Å². The predicted molar refractivity (Wildman–Crippen MR) is 130 cm³/mol. The molecule has 2 aliphatic heterocycles. The van der Waals surface area contributed by atoms with Crippen LogP contribution in [-0.2, 0) is 24.2 Å². The molecular weight excluding hydrogens is 466 g/mol. The number of hydrogen-bond donors (Lipinski definition) is 0. The number of rotatable bonds is 2. The summed E-state index contributed by atoms with van der Waals surface area (Å²) in [6, 6.07) is 5.55. The van der Waals surface area contributed by atoms with Gasteiger partial charge in [0.15, 0.2) is 16.7 Å². The summed E-state index contributed by atoms with van der Waals surface area (Å²) < 4.78 is 11.8. The molecule has 2 aliphatic rings. The van der Waals surface area contributed by atoms with E-state index in [0.29, 0.717) is 49.8 Å². The SMILES string of the molecule is Cc1nsc(-c2nnc3n2CCN(C(=O)c2ccc4c(c2)CCN(C(=O)OC(C)(C)C)C4)[C@@H]3C)n1. The largest absolute Gasteiger partial charge is 0.444 e. The molecule has 10 nitrogen and oxygen atoms in total. The van der Waals surface area contributed by atoms with Gasteiger partial charge in [-0.05, 0) is 75.8 Å². The molecule has 11 heteroatoms. The van der Waals surface area contributed by atoms with Crippen molar-refractivity contribution in [3.63, 3.8) is 0 Å². The van der Waals surface area contributed by atoms with Crippen LogP contribution in [0.1, 0.15) is 66.9 Å². The number of benzene rings is 1. The summed E-state index contributed by atoms with van der Waals surface area (Å²) in [5.74, 6) is 2.13. The summed E-state index contributed by atoms with van der Waals surface area (Å²) in [6.45, 7) is 11.6. The number of nitrogens with zero attached hydrogens (tertiary/aromatic N) is 7. The van der Waals surface area contributed by atoms with Crippen molar-refractivity contribution in [2.24, 2.45) is 0 Å². The number of aromatic nitrogens is 5. The Morgan fingerprint density at radius 2 is 1.91 bits per heavy atom. The first-order valence-corrected chi connectivity index (χ1v) is 12.5. The normalized spacial score (nSPS) is 17.7. The first-order valence-electron chi connectivity index (χ1n) is 11.7. The third-order valence-electron chi connectivity index (χ3n) is 6.28. The lowest BCUT2D eigenvalue weighted by Gasteiger charge is -2.34. The molecule has 3 aromatic rings. The van der Waals surface area contributed by atoms with E-state index >= 15 is 0 Å². The Labute approximate surface area is 208 Å². The number of ether oxygens (including phenoxy) is 1. The minimum Gasteiger partial charge on any atom is -0.444 e. The second-order valence-electron chi connectivity index (χ2n) is 9.99. The maximum Gasteiger partial charge on any atom is 0.410 e. The molecule has 5 rings (SSSR count). The number of fused-ring (bicyclic) bond motifs is 2. The first-order chi connectivity index (χ1) is 16.6. The summed E-state index contributed by atoms with van der Waals surface area (Å²) in [6.07, 6.45) is 0.377.